The standard InChI is InChI=1S/C46H77NO7/c1-6-8-10-12-14-16-18-20-22-23-25-27-29-31-33-35-37-45(49)54-42(40-52-39-38-43(46(50)51)47(3,4)5)41-53-44(48)36-34-32-30-28-26-24-21-19-17-15-13-11-9-7-2/h8-11,14-17,20-22,24,42-43H,6-7,12-13,18-19,23,25-41H2,1-5H3/b10-8+,11-9+,16-14+,17-15+,22-20+,24-21+. The summed E-state index contributed by atoms with van der Waals surface area (Å²) in [5, 5.41) is 11.6. The highest BCUT2D eigenvalue weighted by Crippen LogP contribution is 2.12. The Kier molecular flexibility index (Phi) is 34.5. The molecule has 0 aliphatic rings. The van der Waals surface area contributed by atoms with Crippen LogP contribution in [0.25, 0.3) is 0 Å². The van der Waals surface area contributed by atoms with Crippen molar-refractivity contribution in [1.82, 2.24) is 0 Å². The zero-order valence-electron chi connectivity index (χ0n) is 34.9. The van der Waals surface area contributed by atoms with E-state index in [4.69, 9.17) is 14.2 Å². The third kappa shape index (κ3) is 34.5. The fraction of sp³-hybridized carbons (Fsp3) is 0.674. The normalized spacial score (nSPS) is 13.7. The highest BCUT2D eigenvalue weighted by molar-refractivity contribution is 5.70. The van der Waals surface area contributed by atoms with Crippen LogP contribution in [0.3, 0.4) is 0 Å². The average Bonchev–Trinajstić information content (AvgIpc) is 3.12. The molecule has 308 valence electrons. The molecule has 0 aromatic carbocycles. The van der Waals surface area contributed by atoms with Crippen LogP contribution >= 0.6 is 0 Å². The van der Waals surface area contributed by atoms with Gasteiger partial charge in [-0.05, 0) is 77.0 Å². The van der Waals surface area contributed by atoms with Gasteiger partial charge in [-0.15, -0.1) is 0 Å². The lowest BCUT2D eigenvalue weighted by Gasteiger charge is -2.34. The summed E-state index contributed by atoms with van der Waals surface area (Å²) in [4.78, 5) is 36.8. The molecule has 2 unspecified atom stereocenters. The molecule has 54 heavy (non-hydrogen) atoms. The third-order valence-corrected chi connectivity index (χ3v) is 8.84. The summed E-state index contributed by atoms with van der Waals surface area (Å²) in [5.74, 6) is -1.79. The van der Waals surface area contributed by atoms with E-state index in [9.17, 15) is 19.5 Å². The molecule has 8 heteroatoms. The Morgan fingerprint density at radius 2 is 0.981 bits per heavy atom. The van der Waals surface area contributed by atoms with E-state index < -0.39 is 18.1 Å². The van der Waals surface area contributed by atoms with Crippen molar-refractivity contribution in [3.05, 3.63) is 72.9 Å². The van der Waals surface area contributed by atoms with Crippen LogP contribution in [0.4, 0.5) is 0 Å². The van der Waals surface area contributed by atoms with E-state index in [0.29, 0.717) is 12.8 Å². The van der Waals surface area contributed by atoms with Crippen molar-refractivity contribution in [3.8, 4) is 0 Å². The Labute approximate surface area is 330 Å². The predicted molar refractivity (Wildman–Crippen MR) is 222 cm³/mol. The third-order valence-electron chi connectivity index (χ3n) is 8.84. The number of rotatable bonds is 36. The van der Waals surface area contributed by atoms with Gasteiger partial charge in [0.25, 0.3) is 0 Å². The Morgan fingerprint density at radius 3 is 1.44 bits per heavy atom. The van der Waals surface area contributed by atoms with Crippen LogP contribution in [-0.4, -0.2) is 75.5 Å². The molecule has 2 atom stereocenters. The van der Waals surface area contributed by atoms with Crippen LogP contribution in [0.5, 0.6) is 0 Å². The minimum atomic E-state index is -1.13. The molecule has 0 spiro atoms. The van der Waals surface area contributed by atoms with Gasteiger partial charge >= 0.3 is 11.9 Å². The summed E-state index contributed by atoms with van der Waals surface area (Å²) in [6, 6.07) is -0.734. The molecule has 0 rings (SSSR count). The zero-order valence-corrected chi connectivity index (χ0v) is 34.9. The monoisotopic (exact) mass is 756 g/mol. The number of esters is 2. The zero-order chi connectivity index (χ0) is 40.0. The first-order valence-corrected chi connectivity index (χ1v) is 21.0. The summed E-state index contributed by atoms with van der Waals surface area (Å²) in [6.45, 7) is 4.38. The molecule has 0 heterocycles. The average molecular weight is 756 g/mol. The Morgan fingerprint density at radius 1 is 0.556 bits per heavy atom. The molecule has 0 amide bonds. The van der Waals surface area contributed by atoms with Crippen molar-refractivity contribution >= 4 is 17.9 Å². The largest absolute Gasteiger partial charge is 0.544 e. The quantitative estimate of drug-likeness (QED) is 0.0272. The first-order chi connectivity index (χ1) is 26.1. The predicted octanol–water partition coefficient (Wildman–Crippen LogP) is 9.85. The van der Waals surface area contributed by atoms with Crippen molar-refractivity contribution in [2.24, 2.45) is 0 Å². The smallest absolute Gasteiger partial charge is 0.306 e. The first-order valence-electron chi connectivity index (χ1n) is 21.0. The first kappa shape index (κ1) is 50.8. The number of unbranched alkanes of at least 4 members (excludes halogenated alkanes) is 10. The van der Waals surface area contributed by atoms with E-state index in [1.807, 2.05) is 0 Å². The van der Waals surface area contributed by atoms with E-state index in [2.05, 4.69) is 86.8 Å². The minimum absolute atomic E-state index is 0.0240. The van der Waals surface area contributed by atoms with Crippen LogP contribution in [0.2, 0.25) is 0 Å². The number of carbonyl (C=O) groups excluding carboxylic acids is 3. The number of nitrogens with zero attached hydrogens (tertiary/aromatic N) is 1. The second-order valence-electron chi connectivity index (χ2n) is 14.8. The van der Waals surface area contributed by atoms with E-state index in [0.717, 1.165) is 103 Å². The molecule has 0 fully saturated rings. The van der Waals surface area contributed by atoms with Crippen LogP contribution < -0.4 is 5.11 Å². The number of aliphatic carboxylic acids is 1. The molecule has 0 saturated carbocycles. The number of ether oxygens (including phenoxy) is 3. The Balaban J connectivity index is 4.44. The van der Waals surface area contributed by atoms with E-state index in [1.165, 1.54) is 12.8 Å². The highest BCUT2D eigenvalue weighted by Gasteiger charge is 2.25. The van der Waals surface area contributed by atoms with Gasteiger partial charge in [0.1, 0.15) is 12.6 Å². The van der Waals surface area contributed by atoms with Crippen molar-refractivity contribution in [2.45, 2.75) is 161 Å². The number of allylic oxidation sites excluding steroid dienone is 12. The molecule has 0 radical (unpaired) electrons. The van der Waals surface area contributed by atoms with Gasteiger partial charge in [-0.2, -0.15) is 0 Å². The highest BCUT2D eigenvalue weighted by atomic mass is 16.6. The van der Waals surface area contributed by atoms with Gasteiger partial charge in [-0.1, -0.05) is 125 Å². The van der Waals surface area contributed by atoms with Crippen LogP contribution in [0.1, 0.15) is 149 Å². The molecule has 0 saturated heterocycles. The summed E-state index contributed by atoms with van der Waals surface area (Å²) >= 11 is 0. The van der Waals surface area contributed by atoms with E-state index in [-0.39, 0.29) is 42.7 Å². The number of hydrogen-bond acceptors (Lipinski definition) is 7. The SMILES string of the molecule is CC/C=C/C/C=C/C/C=C/CCCCCCCCC(=O)OC(COCCC(C(=O)[O-])[N+](C)(C)C)COC(=O)CCCCCC/C=C/C/C=C/C/C=C/CC. The van der Waals surface area contributed by atoms with Crippen molar-refractivity contribution in [2.75, 3.05) is 41.0 Å². The van der Waals surface area contributed by atoms with Gasteiger partial charge in [0.05, 0.1) is 40.3 Å². The fourth-order valence-electron chi connectivity index (χ4n) is 5.63. The van der Waals surface area contributed by atoms with Crippen molar-refractivity contribution < 1.29 is 38.2 Å². The second-order valence-corrected chi connectivity index (χ2v) is 14.8. The van der Waals surface area contributed by atoms with Gasteiger partial charge < -0.3 is 28.6 Å². The number of likely N-dealkylation sites (N-methyl/N-ethyl adjacent to an activating group) is 1. The lowest BCUT2D eigenvalue weighted by atomic mass is 10.1. The molecular formula is C46H77NO7. The topological polar surface area (TPSA) is 102 Å². The summed E-state index contributed by atoms with van der Waals surface area (Å²) in [7, 11) is 5.38. The lowest BCUT2D eigenvalue weighted by molar-refractivity contribution is -0.889. The van der Waals surface area contributed by atoms with Gasteiger partial charge in [0, 0.05) is 19.3 Å². The molecule has 0 aliphatic carbocycles. The maximum Gasteiger partial charge on any atom is 0.306 e. The van der Waals surface area contributed by atoms with Gasteiger partial charge in [0.15, 0.2) is 6.10 Å². The summed E-state index contributed by atoms with van der Waals surface area (Å²) in [6.07, 6.45) is 44.9. The van der Waals surface area contributed by atoms with Crippen LogP contribution in [-0.2, 0) is 28.6 Å². The lowest BCUT2D eigenvalue weighted by Crippen LogP contribution is -2.55. The molecule has 0 bridgehead atoms. The van der Waals surface area contributed by atoms with Gasteiger partial charge in [0.2, 0.25) is 0 Å². The number of quaternary nitrogens is 1. The molecule has 0 aliphatic heterocycles. The van der Waals surface area contributed by atoms with Gasteiger partial charge in [-0.3, -0.25) is 9.59 Å². The Bertz CT molecular complexity index is 1110. The second kappa shape index (κ2) is 36.7. The number of carboxylic acids is 1. The van der Waals surface area contributed by atoms with Crippen LogP contribution in [0.15, 0.2) is 72.9 Å². The van der Waals surface area contributed by atoms with Crippen molar-refractivity contribution in [3.63, 3.8) is 0 Å². The summed E-state index contributed by atoms with van der Waals surface area (Å²) in [5.41, 5.74) is 0. The van der Waals surface area contributed by atoms with Crippen LogP contribution in [0, 0.1) is 0 Å². The molecule has 0 aromatic heterocycles. The maximum absolute atomic E-state index is 12.7. The number of carbonyl (C=O) groups is 3. The van der Waals surface area contributed by atoms with E-state index in [1.54, 1.807) is 21.1 Å². The maximum atomic E-state index is 12.7. The fourth-order valence-corrected chi connectivity index (χ4v) is 5.63. The minimum Gasteiger partial charge on any atom is -0.544 e. The summed E-state index contributed by atoms with van der Waals surface area (Å²) < 4.78 is 17.1. The Hall–Kier alpha value is -3.23. The number of carboxylic acid groups (broad SMARTS) is 1. The van der Waals surface area contributed by atoms with Crippen molar-refractivity contribution in [1.29, 1.82) is 0 Å². The number of hydrogen-bond donors (Lipinski definition) is 0. The molecule has 0 N–H and O–H groups in total. The molecular weight excluding hydrogens is 679 g/mol. The molecule has 8 nitrogen and oxygen atoms in total. The molecule has 0 aromatic rings. The van der Waals surface area contributed by atoms with E-state index >= 15 is 0 Å². The van der Waals surface area contributed by atoms with Gasteiger partial charge in [-0.25, -0.2) is 0 Å².